The predicted molar refractivity (Wildman–Crippen MR) is 187 cm³/mol. The zero-order chi connectivity index (χ0) is 37.7. The topological polar surface area (TPSA) is 165 Å². The molecule has 0 spiro atoms. The molecule has 4 N–H and O–H groups in total. The first-order valence-electron chi connectivity index (χ1n) is 18.0. The maximum absolute atomic E-state index is 13.7. The fourth-order valence-corrected chi connectivity index (χ4v) is 8.06. The number of hydrogen-bond acceptors (Lipinski definition) is 12. The van der Waals surface area contributed by atoms with Crippen LogP contribution in [0.25, 0.3) is 0 Å². The Bertz CT molecular complexity index is 1190. The molecule has 288 valence electrons. The van der Waals surface area contributed by atoms with E-state index in [2.05, 4.69) is 11.9 Å². The van der Waals surface area contributed by atoms with Crippen molar-refractivity contribution in [3.05, 3.63) is 23.8 Å². The van der Waals surface area contributed by atoms with Crippen LogP contribution in [0, 0.1) is 23.7 Å². The van der Waals surface area contributed by atoms with Gasteiger partial charge in [-0.25, -0.2) is 4.79 Å². The maximum atomic E-state index is 13.7. The highest BCUT2D eigenvalue weighted by Crippen LogP contribution is 2.43. The number of alkyl carbamates (subject to hydrolysis) is 1. The second-order valence-corrected chi connectivity index (χ2v) is 15.4. The van der Waals surface area contributed by atoms with Gasteiger partial charge in [-0.05, 0) is 78.6 Å². The van der Waals surface area contributed by atoms with Crippen molar-refractivity contribution in [2.45, 2.75) is 135 Å². The molecule has 2 bridgehead atoms. The van der Waals surface area contributed by atoms with Gasteiger partial charge >= 0.3 is 12.1 Å². The van der Waals surface area contributed by atoms with Crippen LogP contribution < -0.4 is 5.32 Å². The molecule has 3 aliphatic heterocycles. The smallest absolute Gasteiger partial charge is 0.407 e. The largest absolute Gasteiger partial charge is 0.459 e. The van der Waals surface area contributed by atoms with Crippen molar-refractivity contribution < 1.29 is 53.3 Å². The number of esters is 1. The molecule has 3 heterocycles. The SMILES string of the molecule is C=C1CO[C@@H]2[C@@H](C)/C(=C/COC(=O)NC)[C@H](C)C[C@@](C)(OC1)[C@H](O[C@@H]1O[C@H](C)C[C@H](N(C)C)[C@H]1O)[C@@H](C)[C@H](O)[C@@H](C)C(=O)O[C@H](CC)[C@@]2(C)O. The van der Waals surface area contributed by atoms with E-state index in [1.807, 2.05) is 59.7 Å². The van der Waals surface area contributed by atoms with Crippen LogP contribution in [-0.2, 0) is 33.2 Å². The van der Waals surface area contributed by atoms with Gasteiger partial charge in [0, 0.05) is 24.9 Å². The minimum atomic E-state index is -1.68. The van der Waals surface area contributed by atoms with E-state index >= 15 is 0 Å². The van der Waals surface area contributed by atoms with E-state index in [-0.39, 0.29) is 44.3 Å². The lowest BCUT2D eigenvalue weighted by molar-refractivity contribution is -0.303. The predicted octanol–water partition coefficient (Wildman–Crippen LogP) is 3.19. The average Bonchev–Trinajstić information content (AvgIpc) is 3.07. The molecule has 0 aromatic carbocycles. The number of aliphatic hydroxyl groups excluding tert-OH is 2. The van der Waals surface area contributed by atoms with Crippen LogP contribution in [0.5, 0.6) is 0 Å². The molecule has 0 aliphatic carbocycles. The second kappa shape index (κ2) is 17.6. The first-order chi connectivity index (χ1) is 23.3. The molecule has 0 aromatic heterocycles. The Morgan fingerprint density at radius 1 is 1.10 bits per heavy atom. The van der Waals surface area contributed by atoms with E-state index < -0.39 is 77.8 Å². The molecule has 0 radical (unpaired) electrons. The summed E-state index contributed by atoms with van der Waals surface area (Å²) in [7, 11) is 5.27. The number of aliphatic hydroxyl groups is 3. The summed E-state index contributed by atoms with van der Waals surface area (Å²) in [6, 6.07) is -0.250. The summed E-state index contributed by atoms with van der Waals surface area (Å²) in [5, 5.41) is 38.1. The maximum Gasteiger partial charge on any atom is 0.407 e. The van der Waals surface area contributed by atoms with Crippen molar-refractivity contribution in [2.24, 2.45) is 23.7 Å². The average molecular weight is 713 g/mol. The van der Waals surface area contributed by atoms with Gasteiger partial charge in [0.05, 0.1) is 49.1 Å². The summed E-state index contributed by atoms with van der Waals surface area (Å²) in [6.07, 6.45) is -3.95. The van der Waals surface area contributed by atoms with Crippen LogP contribution >= 0.6 is 0 Å². The molecule has 3 saturated heterocycles. The van der Waals surface area contributed by atoms with E-state index in [9.17, 15) is 24.9 Å². The van der Waals surface area contributed by atoms with E-state index in [0.717, 1.165) is 5.57 Å². The molecule has 0 aromatic rings. The summed E-state index contributed by atoms with van der Waals surface area (Å²) in [6.45, 7) is 18.8. The number of carbonyl (C=O) groups excluding carboxylic acids is 2. The Hall–Kier alpha value is -2.10. The van der Waals surface area contributed by atoms with Crippen molar-refractivity contribution in [1.29, 1.82) is 0 Å². The number of likely N-dealkylation sites (N-methyl/N-ethyl adjacent to an activating group) is 1. The Morgan fingerprint density at radius 2 is 1.76 bits per heavy atom. The molecule has 1 amide bonds. The third-order valence-corrected chi connectivity index (χ3v) is 11.0. The van der Waals surface area contributed by atoms with Crippen molar-refractivity contribution in [3.8, 4) is 0 Å². The monoisotopic (exact) mass is 712 g/mol. The zero-order valence-corrected chi connectivity index (χ0v) is 32.0. The first-order valence-corrected chi connectivity index (χ1v) is 18.0. The molecule has 13 heteroatoms. The number of rotatable bonds is 6. The van der Waals surface area contributed by atoms with Gasteiger partial charge in [0.25, 0.3) is 0 Å². The first kappa shape index (κ1) is 42.3. The van der Waals surface area contributed by atoms with E-state index in [4.69, 9.17) is 28.4 Å². The van der Waals surface area contributed by atoms with Gasteiger partial charge in [-0.3, -0.25) is 4.79 Å². The van der Waals surface area contributed by atoms with Crippen LogP contribution in [0.15, 0.2) is 23.8 Å². The number of cyclic esters (lactones) is 1. The molecule has 3 rings (SSSR count). The second-order valence-electron chi connectivity index (χ2n) is 15.4. The van der Waals surface area contributed by atoms with E-state index in [0.29, 0.717) is 18.4 Å². The Balaban J connectivity index is 2.27. The van der Waals surface area contributed by atoms with Crippen LogP contribution in [-0.4, -0.2) is 133 Å². The van der Waals surface area contributed by atoms with Crippen LogP contribution in [0.3, 0.4) is 0 Å². The van der Waals surface area contributed by atoms with Gasteiger partial charge in [-0.15, -0.1) is 0 Å². The minimum Gasteiger partial charge on any atom is -0.459 e. The van der Waals surface area contributed by atoms with Gasteiger partial charge in [0.1, 0.15) is 24.4 Å². The quantitative estimate of drug-likeness (QED) is 0.235. The molecular formula is C37H64N2O11. The van der Waals surface area contributed by atoms with E-state index in [1.54, 1.807) is 20.8 Å². The molecule has 3 fully saturated rings. The van der Waals surface area contributed by atoms with Crippen LogP contribution in [0.4, 0.5) is 4.79 Å². The Kier molecular flexibility index (Phi) is 14.9. The summed E-state index contributed by atoms with van der Waals surface area (Å²) in [5.41, 5.74) is -1.43. The molecule has 0 unspecified atom stereocenters. The third-order valence-electron chi connectivity index (χ3n) is 11.0. The van der Waals surface area contributed by atoms with Crippen molar-refractivity contribution in [2.75, 3.05) is 41.0 Å². The molecule has 0 saturated carbocycles. The normalized spacial score (nSPS) is 43.4. The Labute approximate surface area is 298 Å². The summed E-state index contributed by atoms with van der Waals surface area (Å²) >= 11 is 0. The van der Waals surface area contributed by atoms with Crippen LogP contribution in [0.2, 0.25) is 0 Å². The number of fused-ring (bicyclic) bond motifs is 5. The van der Waals surface area contributed by atoms with Gasteiger partial charge in [0.15, 0.2) is 6.29 Å². The number of nitrogens with zero attached hydrogens (tertiary/aromatic N) is 1. The fraction of sp³-hybridized carbons (Fsp3) is 0.838. The highest BCUT2D eigenvalue weighted by atomic mass is 16.7. The van der Waals surface area contributed by atoms with E-state index in [1.165, 1.54) is 7.05 Å². The highest BCUT2D eigenvalue weighted by molar-refractivity contribution is 5.73. The lowest BCUT2D eigenvalue weighted by atomic mass is 9.72. The van der Waals surface area contributed by atoms with Crippen molar-refractivity contribution >= 4 is 12.1 Å². The van der Waals surface area contributed by atoms with Crippen molar-refractivity contribution in [3.63, 3.8) is 0 Å². The van der Waals surface area contributed by atoms with Gasteiger partial charge in [-0.1, -0.05) is 39.8 Å². The van der Waals surface area contributed by atoms with Crippen LogP contribution in [0.1, 0.15) is 74.7 Å². The fourth-order valence-electron chi connectivity index (χ4n) is 8.06. The molecular weight excluding hydrogens is 648 g/mol. The standard InChI is InChI=1S/C37H64N2O11/c1-13-28-37(9,44)32-23(5)26(14-15-45-35(43)38-10)21(3)17-36(8,47-19-20(2)18-46-32)31(24(6)29(40)25(7)33(42)49-28)50-34-30(41)27(39(11)12)16-22(4)48-34/h14,21-25,27-32,34,40-41,44H,2,13,15-19H2,1,3-12H3,(H,38,43)/b26-14+/t21-,22-,23+,24+,25-,27+,28-,29+,30-,31-,32-,34+,36-,37-/m1/s1. The number of hydrogen-bond donors (Lipinski definition) is 4. The lowest BCUT2D eigenvalue weighted by Gasteiger charge is -2.48. The molecule has 14 atom stereocenters. The van der Waals surface area contributed by atoms with Gasteiger partial charge < -0.3 is 54.0 Å². The lowest BCUT2D eigenvalue weighted by Crippen LogP contribution is -2.60. The highest BCUT2D eigenvalue weighted by Gasteiger charge is 2.52. The number of carbonyl (C=O) groups is 2. The summed E-state index contributed by atoms with van der Waals surface area (Å²) in [4.78, 5) is 27.7. The minimum absolute atomic E-state index is 0.0363. The van der Waals surface area contributed by atoms with Gasteiger partial charge in [0.2, 0.25) is 0 Å². The zero-order valence-electron chi connectivity index (χ0n) is 32.0. The number of nitrogens with one attached hydrogen (secondary N) is 1. The number of amides is 1. The molecule has 13 nitrogen and oxygen atoms in total. The molecule has 3 aliphatic rings. The number of ether oxygens (including phenoxy) is 6. The third kappa shape index (κ3) is 9.65. The van der Waals surface area contributed by atoms with Gasteiger partial charge in [-0.2, -0.15) is 0 Å². The Morgan fingerprint density at radius 3 is 2.36 bits per heavy atom. The molecule has 50 heavy (non-hydrogen) atoms. The summed E-state index contributed by atoms with van der Waals surface area (Å²) < 4.78 is 37.6. The van der Waals surface area contributed by atoms with Crippen molar-refractivity contribution in [1.82, 2.24) is 10.2 Å². The summed E-state index contributed by atoms with van der Waals surface area (Å²) in [5.74, 6) is -3.18.